The van der Waals surface area contributed by atoms with Gasteiger partial charge in [-0.2, -0.15) is 0 Å². The van der Waals surface area contributed by atoms with Crippen molar-refractivity contribution in [3.8, 4) is 0 Å². The molecule has 0 spiro atoms. The summed E-state index contributed by atoms with van der Waals surface area (Å²) in [6.07, 6.45) is 11.3. The van der Waals surface area contributed by atoms with Crippen molar-refractivity contribution in [1.29, 1.82) is 0 Å². The van der Waals surface area contributed by atoms with E-state index >= 15 is 0 Å². The second kappa shape index (κ2) is 5.36. The van der Waals surface area contributed by atoms with Gasteiger partial charge in [0.1, 0.15) is 0 Å². The molecule has 1 aliphatic rings. The first kappa shape index (κ1) is 9.79. The Kier molecular flexibility index (Phi) is 4.37. The summed E-state index contributed by atoms with van der Waals surface area (Å²) in [5, 5.41) is 0. The van der Waals surface area contributed by atoms with Crippen LogP contribution in [0.2, 0.25) is 0 Å². The molecule has 0 amide bonds. The third-order valence-electron chi connectivity index (χ3n) is 2.65. The molecule has 0 saturated heterocycles. The Morgan fingerprint density at radius 2 is 2.33 bits per heavy atom. The Labute approximate surface area is 76.0 Å². The van der Waals surface area contributed by atoms with Crippen molar-refractivity contribution in [3.05, 3.63) is 11.6 Å². The molecule has 0 bridgehead atoms. The molecule has 0 saturated carbocycles. The summed E-state index contributed by atoms with van der Waals surface area (Å²) in [5.41, 5.74) is 7.46. The maximum atomic E-state index is 5.81. The van der Waals surface area contributed by atoms with Crippen LogP contribution in [0.1, 0.15) is 51.9 Å². The largest absolute Gasteiger partial charge is 0.327 e. The van der Waals surface area contributed by atoms with Crippen molar-refractivity contribution in [2.24, 2.45) is 5.73 Å². The average Bonchev–Trinajstić information content (AvgIpc) is 2.09. The smallest absolute Gasteiger partial charge is 0.00765 e. The van der Waals surface area contributed by atoms with Gasteiger partial charge >= 0.3 is 0 Å². The molecule has 70 valence electrons. The minimum atomic E-state index is 0.444. The van der Waals surface area contributed by atoms with Crippen LogP contribution in [-0.4, -0.2) is 6.04 Å². The summed E-state index contributed by atoms with van der Waals surface area (Å²) in [6, 6.07) is 0.444. The van der Waals surface area contributed by atoms with Gasteiger partial charge in [-0.15, -0.1) is 0 Å². The van der Waals surface area contributed by atoms with Crippen molar-refractivity contribution in [2.75, 3.05) is 0 Å². The molecule has 1 atom stereocenters. The molecule has 1 aliphatic carbocycles. The van der Waals surface area contributed by atoms with Crippen LogP contribution in [0, 0.1) is 0 Å². The van der Waals surface area contributed by atoms with E-state index in [1.807, 2.05) is 0 Å². The minimum absolute atomic E-state index is 0.444. The van der Waals surface area contributed by atoms with Crippen LogP contribution in [0.3, 0.4) is 0 Å². The van der Waals surface area contributed by atoms with Crippen LogP contribution < -0.4 is 5.73 Å². The minimum Gasteiger partial charge on any atom is -0.327 e. The number of allylic oxidation sites excluding steroid dienone is 1. The number of rotatable bonds is 4. The van der Waals surface area contributed by atoms with Crippen LogP contribution in [0.5, 0.6) is 0 Å². The van der Waals surface area contributed by atoms with Gasteiger partial charge < -0.3 is 5.73 Å². The van der Waals surface area contributed by atoms with Gasteiger partial charge in [-0.25, -0.2) is 0 Å². The summed E-state index contributed by atoms with van der Waals surface area (Å²) in [7, 11) is 0. The van der Waals surface area contributed by atoms with E-state index in [1.165, 1.54) is 38.5 Å². The van der Waals surface area contributed by atoms with Crippen molar-refractivity contribution in [3.63, 3.8) is 0 Å². The topological polar surface area (TPSA) is 26.0 Å². The van der Waals surface area contributed by atoms with Crippen LogP contribution in [0.4, 0.5) is 0 Å². The van der Waals surface area contributed by atoms with Crippen LogP contribution in [0.15, 0.2) is 11.6 Å². The zero-order valence-electron chi connectivity index (χ0n) is 8.18. The molecule has 12 heavy (non-hydrogen) atoms. The van der Waals surface area contributed by atoms with Gasteiger partial charge in [-0.05, 0) is 32.1 Å². The lowest BCUT2D eigenvalue weighted by atomic mass is 9.92. The van der Waals surface area contributed by atoms with Crippen molar-refractivity contribution >= 4 is 0 Å². The van der Waals surface area contributed by atoms with Crippen LogP contribution in [0.25, 0.3) is 0 Å². The van der Waals surface area contributed by atoms with Crippen molar-refractivity contribution < 1.29 is 0 Å². The molecule has 0 aromatic heterocycles. The Morgan fingerprint density at radius 1 is 1.50 bits per heavy atom. The highest BCUT2D eigenvalue weighted by molar-refractivity contribution is 5.07. The fourth-order valence-corrected chi connectivity index (χ4v) is 1.74. The van der Waals surface area contributed by atoms with E-state index in [0.717, 1.165) is 6.42 Å². The van der Waals surface area contributed by atoms with E-state index in [9.17, 15) is 0 Å². The molecule has 1 heteroatoms. The van der Waals surface area contributed by atoms with E-state index in [4.69, 9.17) is 5.73 Å². The van der Waals surface area contributed by atoms with Gasteiger partial charge in [0.05, 0.1) is 0 Å². The predicted molar refractivity (Wildman–Crippen MR) is 54.1 cm³/mol. The van der Waals surface area contributed by atoms with E-state index < -0.39 is 0 Å². The van der Waals surface area contributed by atoms with E-state index in [-0.39, 0.29) is 0 Å². The molecule has 0 radical (unpaired) electrons. The number of nitrogens with two attached hydrogens (primary N) is 1. The lowest BCUT2D eigenvalue weighted by Crippen LogP contribution is -2.21. The first-order valence-electron chi connectivity index (χ1n) is 5.26. The lowest BCUT2D eigenvalue weighted by molar-refractivity contribution is 0.568. The van der Waals surface area contributed by atoms with Crippen molar-refractivity contribution in [1.82, 2.24) is 0 Å². The number of hydrogen-bond acceptors (Lipinski definition) is 1. The SMILES string of the molecule is CCCCCC1=CCC(N)CC1. The van der Waals surface area contributed by atoms with E-state index in [0.29, 0.717) is 6.04 Å². The Morgan fingerprint density at radius 3 is 2.92 bits per heavy atom. The number of unbranched alkanes of at least 4 members (excludes halogenated alkanes) is 2. The normalized spacial score (nSPS) is 23.8. The standard InChI is InChI=1S/C11H21N/c1-2-3-4-5-10-6-8-11(12)9-7-10/h6,11H,2-5,7-9,12H2,1H3. The molecular weight excluding hydrogens is 146 g/mol. The summed E-state index contributed by atoms with van der Waals surface area (Å²) in [4.78, 5) is 0. The fraction of sp³-hybridized carbons (Fsp3) is 0.818. The Bertz CT molecular complexity index is 149. The van der Waals surface area contributed by atoms with Gasteiger partial charge in [0.2, 0.25) is 0 Å². The molecule has 0 fully saturated rings. The molecule has 1 rings (SSSR count). The van der Waals surface area contributed by atoms with Gasteiger partial charge in [-0.3, -0.25) is 0 Å². The predicted octanol–water partition coefficient (Wildman–Crippen LogP) is 3.00. The molecule has 0 aliphatic heterocycles. The van der Waals surface area contributed by atoms with E-state index in [2.05, 4.69) is 13.0 Å². The summed E-state index contributed by atoms with van der Waals surface area (Å²) in [6.45, 7) is 2.26. The third-order valence-corrected chi connectivity index (χ3v) is 2.65. The maximum Gasteiger partial charge on any atom is 0.00765 e. The molecule has 0 heterocycles. The Hall–Kier alpha value is -0.300. The van der Waals surface area contributed by atoms with Gasteiger partial charge in [0.25, 0.3) is 0 Å². The van der Waals surface area contributed by atoms with Gasteiger partial charge in [0.15, 0.2) is 0 Å². The molecule has 0 aromatic carbocycles. The lowest BCUT2D eigenvalue weighted by Gasteiger charge is -2.17. The third kappa shape index (κ3) is 3.40. The molecular formula is C11H21N. The summed E-state index contributed by atoms with van der Waals surface area (Å²) in [5.74, 6) is 0. The molecule has 1 nitrogen and oxygen atoms in total. The van der Waals surface area contributed by atoms with E-state index in [1.54, 1.807) is 5.57 Å². The summed E-state index contributed by atoms with van der Waals surface area (Å²) >= 11 is 0. The zero-order chi connectivity index (χ0) is 8.81. The first-order chi connectivity index (χ1) is 5.83. The average molecular weight is 167 g/mol. The molecule has 0 aromatic rings. The van der Waals surface area contributed by atoms with Crippen LogP contribution >= 0.6 is 0 Å². The second-order valence-electron chi connectivity index (χ2n) is 3.85. The highest BCUT2D eigenvalue weighted by atomic mass is 14.6. The fourth-order valence-electron chi connectivity index (χ4n) is 1.74. The molecule has 1 unspecified atom stereocenters. The number of hydrogen-bond donors (Lipinski definition) is 1. The second-order valence-corrected chi connectivity index (χ2v) is 3.85. The highest BCUT2D eigenvalue weighted by Gasteiger charge is 2.09. The van der Waals surface area contributed by atoms with Gasteiger partial charge in [-0.1, -0.05) is 31.4 Å². The Balaban J connectivity index is 2.15. The maximum absolute atomic E-state index is 5.81. The van der Waals surface area contributed by atoms with Crippen LogP contribution in [-0.2, 0) is 0 Å². The van der Waals surface area contributed by atoms with Gasteiger partial charge in [0, 0.05) is 6.04 Å². The van der Waals surface area contributed by atoms with Crippen molar-refractivity contribution in [2.45, 2.75) is 57.9 Å². The highest BCUT2D eigenvalue weighted by Crippen LogP contribution is 2.21. The molecule has 2 N–H and O–H groups in total. The monoisotopic (exact) mass is 167 g/mol. The summed E-state index contributed by atoms with van der Waals surface area (Å²) < 4.78 is 0. The first-order valence-corrected chi connectivity index (χ1v) is 5.26. The quantitative estimate of drug-likeness (QED) is 0.505. The zero-order valence-corrected chi connectivity index (χ0v) is 8.18.